The van der Waals surface area contributed by atoms with Crippen molar-refractivity contribution in [3.63, 3.8) is 0 Å². The highest BCUT2D eigenvalue weighted by Gasteiger charge is 2.10. The standard InChI is InChI=1S/C17H10Cl2N4/c18-14-3-1-2-11(7-14)4-5-12-6-13(9-15(19)8-12)17-16(10-20)21-23-22-17/h1-9H,(H,21,22,23)/b5-4+. The molecule has 0 aliphatic rings. The van der Waals surface area contributed by atoms with Gasteiger partial charge in [-0.25, -0.2) is 5.10 Å². The number of rotatable bonds is 3. The number of benzene rings is 2. The van der Waals surface area contributed by atoms with Gasteiger partial charge in [0, 0.05) is 15.6 Å². The van der Waals surface area contributed by atoms with Gasteiger partial charge in [0.15, 0.2) is 5.69 Å². The normalized spacial score (nSPS) is 10.8. The number of halogens is 2. The third-order valence-electron chi connectivity index (χ3n) is 3.17. The van der Waals surface area contributed by atoms with E-state index in [1.54, 1.807) is 6.07 Å². The summed E-state index contributed by atoms with van der Waals surface area (Å²) in [5.74, 6) is 0. The summed E-state index contributed by atoms with van der Waals surface area (Å²) in [6.45, 7) is 0. The summed E-state index contributed by atoms with van der Waals surface area (Å²) < 4.78 is 0. The molecule has 0 saturated heterocycles. The second kappa shape index (κ2) is 6.66. The molecule has 0 aliphatic carbocycles. The smallest absolute Gasteiger partial charge is 0.163 e. The second-order valence-corrected chi connectivity index (χ2v) is 5.68. The van der Waals surface area contributed by atoms with Gasteiger partial charge in [-0.1, -0.05) is 52.7 Å². The summed E-state index contributed by atoms with van der Waals surface area (Å²) in [6, 6.07) is 15.0. The first-order valence-electron chi connectivity index (χ1n) is 6.71. The number of nitriles is 1. The van der Waals surface area contributed by atoms with Gasteiger partial charge in [-0.3, -0.25) is 0 Å². The van der Waals surface area contributed by atoms with E-state index in [9.17, 15) is 0 Å². The minimum absolute atomic E-state index is 0.303. The van der Waals surface area contributed by atoms with Crippen LogP contribution in [0.3, 0.4) is 0 Å². The molecule has 2 aromatic carbocycles. The van der Waals surface area contributed by atoms with Crippen LogP contribution in [0.15, 0.2) is 42.5 Å². The van der Waals surface area contributed by atoms with Crippen LogP contribution in [0.5, 0.6) is 0 Å². The Bertz CT molecular complexity index is 922. The molecule has 23 heavy (non-hydrogen) atoms. The second-order valence-electron chi connectivity index (χ2n) is 4.81. The van der Waals surface area contributed by atoms with Crippen molar-refractivity contribution in [2.45, 2.75) is 0 Å². The molecule has 4 nitrogen and oxygen atoms in total. The number of hydrogen-bond donors (Lipinski definition) is 1. The summed E-state index contributed by atoms with van der Waals surface area (Å²) in [5, 5.41) is 20.5. The van der Waals surface area contributed by atoms with Crippen molar-refractivity contribution in [1.29, 1.82) is 5.26 Å². The van der Waals surface area contributed by atoms with Gasteiger partial charge in [0.05, 0.1) is 0 Å². The number of aromatic nitrogens is 3. The van der Waals surface area contributed by atoms with Gasteiger partial charge < -0.3 is 0 Å². The maximum Gasteiger partial charge on any atom is 0.163 e. The fraction of sp³-hybridized carbons (Fsp3) is 0. The molecular formula is C17H10Cl2N4. The highest BCUT2D eigenvalue weighted by atomic mass is 35.5. The van der Waals surface area contributed by atoms with Crippen LogP contribution in [0.4, 0.5) is 0 Å². The average molecular weight is 341 g/mol. The predicted molar refractivity (Wildman–Crippen MR) is 91.9 cm³/mol. The van der Waals surface area contributed by atoms with E-state index in [1.165, 1.54) is 0 Å². The molecule has 1 heterocycles. The Morgan fingerprint density at radius 2 is 1.78 bits per heavy atom. The first kappa shape index (κ1) is 15.3. The number of nitrogens with zero attached hydrogens (tertiary/aromatic N) is 3. The van der Waals surface area contributed by atoms with Gasteiger partial charge in [0.1, 0.15) is 11.8 Å². The molecule has 112 valence electrons. The Balaban J connectivity index is 1.97. The topological polar surface area (TPSA) is 65.4 Å². The number of nitrogens with one attached hydrogen (secondary N) is 1. The summed E-state index contributed by atoms with van der Waals surface area (Å²) in [6.07, 6.45) is 3.86. The molecule has 6 heteroatoms. The molecular weight excluding hydrogens is 331 g/mol. The van der Waals surface area contributed by atoms with Crippen LogP contribution >= 0.6 is 23.2 Å². The zero-order valence-corrected chi connectivity index (χ0v) is 13.3. The van der Waals surface area contributed by atoms with Crippen LogP contribution < -0.4 is 0 Å². The summed E-state index contributed by atoms with van der Waals surface area (Å²) in [5.41, 5.74) is 3.38. The fourth-order valence-electron chi connectivity index (χ4n) is 2.16. The van der Waals surface area contributed by atoms with E-state index < -0.39 is 0 Å². The van der Waals surface area contributed by atoms with Crippen molar-refractivity contribution >= 4 is 35.4 Å². The SMILES string of the molecule is N#Cc1[nH]nnc1-c1cc(Cl)cc(/C=C/c2cccc(Cl)c2)c1. The molecule has 1 aromatic heterocycles. The van der Waals surface area contributed by atoms with E-state index in [2.05, 4.69) is 15.4 Å². The zero-order valence-electron chi connectivity index (χ0n) is 11.8. The summed E-state index contributed by atoms with van der Waals surface area (Å²) in [7, 11) is 0. The van der Waals surface area contributed by atoms with Crippen molar-refractivity contribution < 1.29 is 0 Å². The van der Waals surface area contributed by atoms with E-state index >= 15 is 0 Å². The van der Waals surface area contributed by atoms with Crippen LogP contribution in [0.25, 0.3) is 23.4 Å². The Kier molecular flexibility index (Phi) is 4.42. The molecule has 3 rings (SSSR count). The Labute approximate surface area is 143 Å². The van der Waals surface area contributed by atoms with Gasteiger partial charge in [-0.2, -0.15) is 5.26 Å². The maximum atomic E-state index is 9.06. The van der Waals surface area contributed by atoms with Crippen LogP contribution in [0.1, 0.15) is 16.8 Å². The quantitative estimate of drug-likeness (QED) is 0.695. The van der Waals surface area contributed by atoms with Crippen LogP contribution in [0, 0.1) is 11.3 Å². The molecule has 3 aromatic rings. The van der Waals surface area contributed by atoms with Crippen molar-refractivity contribution in [2.75, 3.05) is 0 Å². The van der Waals surface area contributed by atoms with Gasteiger partial charge in [-0.05, 0) is 41.5 Å². The monoisotopic (exact) mass is 340 g/mol. The summed E-state index contributed by atoms with van der Waals surface area (Å²) in [4.78, 5) is 0. The van der Waals surface area contributed by atoms with Crippen molar-refractivity contribution in [1.82, 2.24) is 15.4 Å². The Hall–Kier alpha value is -2.61. The van der Waals surface area contributed by atoms with Gasteiger partial charge in [0.25, 0.3) is 0 Å². The van der Waals surface area contributed by atoms with Gasteiger partial charge in [-0.15, -0.1) is 5.10 Å². The first-order valence-corrected chi connectivity index (χ1v) is 7.47. The van der Waals surface area contributed by atoms with Crippen LogP contribution in [-0.2, 0) is 0 Å². The molecule has 0 saturated carbocycles. The lowest BCUT2D eigenvalue weighted by molar-refractivity contribution is 0.937. The van der Waals surface area contributed by atoms with Crippen molar-refractivity contribution in [3.8, 4) is 17.3 Å². The van der Waals surface area contributed by atoms with Crippen molar-refractivity contribution in [2.24, 2.45) is 0 Å². The third-order valence-corrected chi connectivity index (χ3v) is 3.62. The molecule has 0 fully saturated rings. The van der Waals surface area contributed by atoms with Crippen LogP contribution in [-0.4, -0.2) is 15.4 Å². The fourth-order valence-corrected chi connectivity index (χ4v) is 2.60. The Morgan fingerprint density at radius 3 is 2.57 bits per heavy atom. The van der Waals surface area contributed by atoms with Gasteiger partial charge in [0.2, 0.25) is 0 Å². The van der Waals surface area contributed by atoms with E-state index in [-0.39, 0.29) is 0 Å². The maximum absolute atomic E-state index is 9.06. The Morgan fingerprint density at radius 1 is 1.00 bits per heavy atom. The number of H-pyrrole nitrogens is 1. The highest BCUT2D eigenvalue weighted by Crippen LogP contribution is 2.26. The predicted octanol–water partition coefficient (Wildman–Crippen LogP) is 4.82. The molecule has 0 atom stereocenters. The van der Waals surface area contributed by atoms with Crippen molar-refractivity contribution in [3.05, 3.63) is 69.3 Å². The largest absolute Gasteiger partial charge is 0.247 e. The lowest BCUT2D eigenvalue weighted by atomic mass is 10.1. The molecule has 0 unspecified atom stereocenters. The number of hydrogen-bond acceptors (Lipinski definition) is 3. The average Bonchev–Trinajstić information content (AvgIpc) is 3.01. The highest BCUT2D eigenvalue weighted by molar-refractivity contribution is 6.31. The lowest BCUT2D eigenvalue weighted by Gasteiger charge is -2.02. The molecule has 0 spiro atoms. The number of aromatic amines is 1. The first-order chi connectivity index (χ1) is 11.2. The molecule has 0 bridgehead atoms. The minimum Gasteiger partial charge on any atom is -0.247 e. The van der Waals surface area contributed by atoms with E-state index in [0.717, 1.165) is 16.7 Å². The molecule has 1 N–H and O–H groups in total. The molecule has 0 amide bonds. The zero-order chi connectivity index (χ0) is 16.2. The molecule has 0 radical (unpaired) electrons. The van der Waals surface area contributed by atoms with E-state index in [1.807, 2.05) is 54.6 Å². The lowest BCUT2D eigenvalue weighted by Crippen LogP contribution is -1.85. The van der Waals surface area contributed by atoms with Crippen LogP contribution in [0.2, 0.25) is 10.0 Å². The van der Waals surface area contributed by atoms with Gasteiger partial charge >= 0.3 is 0 Å². The van der Waals surface area contributed by atoms with E-state index in [4.69, 9.17) is 28.5 Å². The molecule has 0 aliphatic heterocycles. The third kappa shape index (κ3) is 3.59. The van der Waals surface area contributed by atoms with E-state index in [0.29, 0.717) is 21.4 Å². The minimum atomic E-state index is 0.303. The summed E-state index contributed by atoms with van der Waals surface area (Å²) >= 11 is 12.1.